The monoisotopic (exact) mass is 498 g/mol. The molecule has 0 aliphatic carbocycles. The minimum Gasteiger partial charge on any atom is -0.497 e. The topological polar surface area (TPSA) is 88.5 Å². The van der Waals surface area contributed by atoms with E-state index in [2.05, 4.69) is 0 Å². The third-order valence-electron chi connectivity index (χ3n) is 5.67. The lowest BCUT2D eigenvalue weighted by atomic mass is 10.1. The van der Waals surface area contributed by atoms with Gasteiger partial charge in [-0.3, -0.25) is 4.90 Å². The van der Waals surface area contributed by atoms with Crippen molar-refractivity contribution in [3.05, 3.63) is 53.1 Å². The first-order valence-corrected chi connectivity index (χ1v) is 12.6. The maximum absolute atomic E-state index is 13.2. The molecule has 1 aliphatic rings. The summed E-state index contributed by atoms with van der Waals surface area (Å²) in [7, 11) is -0.811. The van der Waals surface area contributed by atoms with E-state index >= 15 is 0 Å². The summed E-state index contributed by atoms with van der Waals surface area (Å²) in [5, 5.41) is 11.1. The number of hydrogen-bond acceptors (Lipinski definition) is 7. The van der Waals surface area contributed by atoms with Crippen LogP contribution < -0.4 is 9.47 Å². The number of hydrogen-bond donors (Lipinski definition) is 1. The number of aliphatic hydroxyl groups is 1. The molecule has 2 atom stereocenters. The zero-order valence-corrected chi connectivity index (χ0v) is 20.7. The van der Waals surface area contributed by atoms with Gasteiger partial charge in [-0.2, -0.15) is 4.31 Å². The Morgan fingerprint density at radius 3 is 2.30 bits per heavy atom. The van der Waals surface area contributed by atoms with Gasteiger partial charge in [0.25, 0.3) is 0 Å². The zero-order valence-electron chi connectivity index (χ0n) is 19.1. The molecule has 0 amide bonds. The molecule has 0 saturated carbocycles. The molecule has 1 heterocycles. The van der Waals surface area contributed by atoms with Gasteiger partial charge in [0.05, 0.1) is 33.0 Å². The average molecular weight is 499 g/mol. The molecular weight excluding hydrogens is 468 g/mol. The van der Waals surface area contributed by atoms with Crippen LogP contribution in [0.4, 0.5) is 0 Å². The van der Waals surface area contributed by atoms with E-state index in [0.29, 0.717) is 43.5 Å². The number of methoxy groups -OCH3 is 2. The average Bonchev–Trinajstić information content (AvgIpc) is 2.82. The van der Waals surface area contributed by atoms with Crippen LogP contribution >= 0.6 is 11.6 Å². The predicted octanol–water partition coefficient (Wildman–Crippen LogP) is 2.80. The Morgan fingerprint density at radius 2 is 1.70 bits per heavy atom. The normalized spacial score (nSPS) is 17.5. The maximum Gasteiger partial charge on any atom is 0.246 e. The Bertz CT molecular complexity index is 1010. The van der Waals surface area contributed by atoms with Crippen LogP contribution in [-0.4, -0.2) is 82.4 Å². The summed E-state index contributed by atoms with van der Waals surface area (Å²) < 4.78 is 44.1. The van der Waals surface area contributed by atoms with E-state index in [1.807, 2.05) is 36.1 Å². The van der Waals surface area contributed by atoms with E-state index in [4.69, 9.17) is 25.8 Å². The lowest BCUT2D eigenvalue weighted by Crippen LogP contribution is -2.50. The highest BCUT2D eigenvalue weighted by Gasteiger charge is 2.31. The summed E-state index contributed by atoms with van der Waals surface area (Å²) in [6, 6.07) is 12.1. The first kappa shape index (κ1) is 25.7. The standard InChI is InChI=1S/C23H31ClN2O6S/c1-17(18-4-6-19(24)7-5-18)32-16-20(27)15-25-10-12-26(13-11-25)33(28,29)23-14-21(30-2)8-9-22(23)31-3/h4-9,14,17,20,27H,10-13,15-16H2,1-3H3/t17-,20+/m0/s1. The summed E-state index contributed by atoms with van der Waals surface area (Å²) in [5.74, 6) is 0.726. The molecule has 0 unspecified atom stereocenters. The fourth-order valence-corrected chi connectivity index (χ4v) is 5.43. The molecule has 0 aromatic heterocycles. The number of halogens is 1. The van der Waals surface area contributed by atoms with Crippen molar-refractivity contribution in [2.24, 2.45) is 0 Å². The van der Waals surface area contributed by atoms with Crippen LogP contribution in [0.3, 0.4) is 0 Å². The first-order chi connectivity index (χ1) is 15.7. The van der Waals surface area contributed by atoms with Gasteiger partial charge in [-0.1, -0.05) is 23.7 Å². The van der Waals surface area contributed by atoms with Gasteiger partial charge in [-0.15, -0.1) is 0 Å². The number of benzene rings is 2. The SMILES string of the molecule is COc1ccc(OC)c(S(=O)(=O)N2CCN(C[C@@H](O)CO[C@@H](C)c3ccc(Cl)cc3)CC2)c1. The lowest BCUT2D eigenvalue weighted by Gasteiger charge is -2.35. The van der Waals surface area contributed by atoms with Crippen LogP contribution in [0.2, 0.25) is 5.02 Å². The van der Waals surface area contributed by atoms with Crippen molar-refractivity contribution >= 4 is 21.6 Å². The maximum atomic E-state index is 13.2. The first-order valence-electron chi connectivity index (χ1n) is 10.7. The molecule has 1 fully saturated rings. The number of ether oxygens (including phenoxy) is 3. The molecule has 2 aromatic carbocycles. The van der Waals surface area contributed by atoms with Crippen LogP contribution in [0.5, 0.6) is 11.5 Å². The largest absolute Gasteiger partial charge is 0.497 e. The molecule has 8 nitrogen and oxygen atoms in total. The van der Waals surface area contributed by atoms with Crippen LogP contribution in [0, 0.1) is 0 Å². The van der Waals surface area contributed by atoms with E-state index < -0.39 is 16.1 Å². The Morgan fingerprint density at radius 1 is 1.03 bits per heavy atom. The third-order valence-corrected chi connectivity index (χ3v) is 7.84. The van der Waals surface area contributed by atoms with Gasteiger partial charge in [0.2, 0.25) is 10.0 Å². The summed E-state index contributed by atoms with van der Waals surface area (Å²) in [6.45, 7) is 4.17. The smallest absolute Gasteiger partial charge is 0.246 e. The van der Waals surface area contributed by atoms with E-state index in [1.165, 1.54) is 24.6 Å². The summed E-state index contributed by atoms with van der Waals surface area (Å²) >= 11 is 5.91. The Kier molecular flexibility index (Phi) is 8.97. The van der Waals surface area contributed by atoms with Gasteiger partial charge in [0, 0.05) is 43.8 Å². The van der Waals surface area contributed by atoms with Gasteiger partial charge < -0.3 is 19.3 Å². The van der Waals surface area contributed by atoms with E-state index in [1.54, 1.807) is 12.1 Å². The fraction of sp³-hybridized carbons (Fsp3) is 0.478. The minimum absolute atomic E-state index is 0.0856. The molecule has 182 valence electrons. The van der Waals surface area contributed by atoms with Crippen LogP contribution in [0.1, 0.15) is 18.6 Å². The number of β-amino-alcohol motifs (C(OH)–C–C–N with tert-alkyl or cyclic N) is 1. The number of rotatable bonds is 10. The summed E-state index contributed by atoms with van der Waals surface area (Å²) in [4.78, 5) is 2.12. The second-order valence-corrected chi connectivity index (χ2v) is 10.2. The predicted molar refractivity (Wildman–Crippen MR) is 127 cm³/mol. The van der Waals surface area contributed by atoms with Gasteiger partial charge in [0.1, 0.15) is 16.4 Å². The van der Waals surface area contributed by atoms with E-state index in [9.17, 15) is 13.5 Å². The number of nitrogens with zero attached hydrogens (tertiary/aromatic N) is 2. The van der Waals surface area contributed by atoms with Crippen LogP contribution in [-0.2, 0) is 14.8 Å². The zero-order chi connectivity index (χ0) is 24.0. The van der Waals surface area contributed by atoms with Crippen molar-refractivity contribution in [2.45, 2.75) is 24.0 Å². The molecule has 1 N–H and O–H groups in total. The van der Waals surface area contributed by atoms with Gasteiger partial charge >= 0.3 is 0 Å². The third kappa shape index (κ3) is 6.59. The molecule has 33 heavy (non-hydrogen) atoms. The molecule has 10 heteroatoms. The Hall–Kier alpha value is -1.88. The van der Waals surface area contributed by atoms with Crippen LogP contribution in [0.15, 0.2) is 47.4 Å². The molecule has 0 bridgehead atoms. The second-order valence-electron chi connectivity index (χ2n) is 7.90. The Balaban J connectivity index is 1.51. The van der Waals surface area contributed by atoms with Gasteiger partial charge in [0.15, 0.2) is 0 Å². The van der Waals surface area contributed by atoms with E-state index in [0.717, 1.165) is 5.56 Å². The summed E-state index contributed by atoms with van der Waals surface area (Å²) in [5.41, 5.74) is 0.985. The van der Waals surface area contributed by atoms with Crippen molar-refractivity contribution in [3.63, 3.8) is 0 Å². The van der Waals surface area contributed by atoms with Gasteiger partial charge in [-0.05, 0) is 36.8 Å². The molecule has 0 spiro atoms. The molecule has 1 saturated heterocycles. The number of piperazine rings is 1. The number of aliphatic hydroxyl groups excluding tert-OH is 1. The van der Waals surface area contributed by atoms with Crippen molar-refractivity contribution in [2.75, 3.05) is 53.6 Å². The molecule has 1 aliphatic heterocycles. The van der Waals surface area contributed by atoms with E-state index in [-0.39, 0.29) is 23.4 Å². The second kappa shape index (κ2) is 11.5. The highest BCUT2D eigenvalue weighted by atomic mass is 35.5. The highest BCUT2D eigenvalue weighted by Crippen LogP contribution is 2.31. The number of sulfonamides is 1. The summed E-state index contributed by atoms with van der Waals surface area (Å²) in [6.07, 6.45) is -0.849. The van der Waals surface area contributed by atoms with Crippen molar-refractivity contribution in [1.29, 1.82) is 0 Å². The quantitative estimate of drug-likeness (QED) is 0.538. The highest BCUT2D eigenvalue weighted by molar-refractivity contribution is 7.89. The van der Waals surface area contributed by atoms with Gasteiger partial charge in [-0.25, -0.2) is 8.42 Å². The lowest BCUT2D eigenvalue weighted by molar-refractivity contribution is -0.0186. The van der Waals surface area contributed by atoms with Crippen molar-refractivity contribution in [1.82, 2.24) is 9.21 Å². The minimum atomic E-state index is -3.74. The molecule has 3 rings (SSSR count). The molecule has 0 radical (unpaired) electrons. The van der Waals surface area contributed by atoms with Crippen molar-refractivity contribution in [3.8, 4) is 11.5 Å². The van der Waals surface area contributed by atoms with Crippen molar-refractivity contribution < 1.29 is 27.7 Å². The molecule has 2 aromatic rings. The fourth-order valence-electron chi connectivity index (χ4n) is 3.71. The van der Waals surface area contributed by atoms with Crippen LogP contribution in [0.25, 0.3) is 0 Å². The molecular formula is C23H31ClN2O6S. The Labute approximate surface area is 200 Å².